The fourth-order valence-corrected chi connectivity index (χ4v) is 11.7. The van der Waals surface area contributed by atoms with E-state index in [0.29, 0.717) is 25.0 Å². The number of alkyl halides is 2. The first-order valence-electron chi connectivity index (χ1n) is 22.4. The Kier molecular flexibility index (Phi) is 28.4. The first-order chi connectivity index (χ1) is 26.2. The lowest BCUT2D eigenvalue weighted by atomic mass is 9.89. The predicted octanol–water partition coefficient (Wildman–Crippen LogP) is 16.6. The van der Waals surface area contributed by atoms with Crippen molar-refractivity contribution in [2.45, 2.75) is 210 Å². The number of hydrogen-bond acceptors (Lipinski definition) is 6. The Bertz CT molecular complexity index is 1070. The lowest BCUT2D eigenvalue weighted by molar-refractivity contribution is -0.167. The zero-order valence-corrected chi connectivity index (χ0v) is 39.7. The van der Waals surface area contributed by atoms with E-state index in [9.17, 15) is 9.59 Å². The fourth-order valence-electron chi connectivity index (χ4n) is 7.82. The number of carbonyl (C=O) groups is 2. The quantitative estimate of drug-likeness (QED) is 0.0294. The minimum Gasteiger partial charge on any atom is -0.465 e. The second-order valence-corrected chi connectivity index (χ2v) is 22.7. The van der Waals surface area contributed by atoms with Crippen LogP contribution in [0.5, 0.6) is 0 Å². The van der Waals surface area contributed by atoms with Gasteiger partial charge in [-0.15, -0.1) is 11.3 Å². The molecule has 0 saturated carbocycles. The van der Waals surface area contributed by atoms with Crippen LogP contribution in [0.4, 0.5) is 0 Å². The van der Waals surface area contributed by atoms with E-state index in [1.54, 1.807) is 17.4 Å². The normalized spacial score (nSPS) is 17.7. The molecule has 54 heavy (non-hydrogen) atoms. The van der Waals surface area contributed by atoms with E-state index in [2.05, 4.69) is 59.6 Å². The van der Waals surface area contributed by atoms with Crippen molar-refractivity contribution >= 4 is 71.8 Å². The van der Waals surface area contributed by atoms with Crippen molar-refractivity contribution in [1.29, 1.82) is 0 Å². The summed E-state index contributed by atoms with van der Waals surface area (Å²) in [6.07, 6.45) is 36.7. The Labute approximate surface area is 357 Å². The molecule has 0 bridgehead atoms. The Morgan fingerprint density at radius 2 is 0.944 bits per heavy atom. The van der Waals surface area contributed by atoms with Gasteiger partial charge in [0.1, 0.15) is 0 Å². The summed E-state index contributed by atoms with van der Waals surface area (Å²) in [5.41, 5.74) is -1.63. The van der Waals surface area contributed by atoms with Crippen molar-refractivity contribution < 1.29 is 19.1 Å². The van der Waals surface area contributed by atoms with Gasteiger partial charge in [0, 0.05) is 9.78 Å². The standard InChI is InChI=1S/C46H78Br2O4S2/c1-5-9-13-17-19-23-30-39(28-21-15-11-7-3)32-25-35-51-43(49)45(38-42(54-46(45,47)48)41-34-27-37-53-41)44(50)52-36-26-33-40(29-22-16-12-8-4)31-24-20-18-14-10-6-2/h27,34,37-40H,5-26,28-33,35-36H2,1-4H3. The molecule has 0 fully saturated rings. The molecule has 0 saturated heterocycles. The third-order valence-electron chi connectivity index (χ3n) is 11.3. The van der Waals surface area contributed by atoms with Crippen LogP contribution in [0.25, 0.3) is 4.91 Å². The molecule has 0 spiro atoms. The highest BCUT2D eigenvalue weighted by Gasteiger charge is 2.65. The number of rotatable bonds is 35. The molecule has 0 aliphatic carbocycles. The third-order valence-corrected chi connectivity index (χ3v) is 15.7. The van der Waals surface area contributed by atoms with Gasteiger partial charge in [-0.3, -0.25) is 9.59 Å². The van der Waals surface area contributed by atoms with Gasteiger partial charge in [0.15, 0.2) is 2.57 Å². The van der Waals surface area contributed by atoms with E-state index in [4.69, 9.17) is 9.47 Å². The highest BCUT2D eigenvalue weighted by molar-refractivity contribution is 9.28. The molecule has 4 nitrogen and oxygen atoms in total. The first-order valence-corrected chi connectivity index (χ1v) is 25.7. The zero-order chi connectivity index (χ0) is 39.3. The van der Waals surface area contributed by atoms with E-state index in [1.807, 2.05) is 17.5 Å². The number of carbonyl (C=O) groups excluding carboxylic acids is 2. The van der Waals surface area contributed by atoms with Crippen LogP contribution in [-0.2, 0) is 19.1 Å². The molecule has 0 amide bonds. The number of ether oxygens (including phenoxy) is 2. The maximum Gasteiger partial charge on any atom is 0.330 e. The molecule has 1 aromatic rings. The highest BCUT2D eigenvalue weighted by Crippen LogP contribution is 2.65. The van der Waals surface area contributed by atoms with Crippen molar-refractivity contribution in [2.75, 3.05) is 13.2 Å². The number of unbranched alkanes of at least 4 members (excludes halogenated alkanes) is 16. The average molecular weight is 919 g/mol. The molecule has 2 heterocycles. The number of hydrogen-bond donors (Lipinski definition) is 0. The number of thiophene rings is 1. The third kappa shape index (κ3) is 19.0. The Morgan fingerprint density at radius 1 is 0.574 bits per heavy atom. The summed E-state index contributed by atoms with van der Waals surface area (Å²) in [6.45, 7) is 9.71. The van der Waals surface area contributed by atoms with Gasteiger partial charge in [-0.25, -0.2) is 0 Å². The molecule has 312 valence electrons. The SMILES string of the molecule is CCCCCCCCC(CCCCCC)CCCOC(=O)C1(C(=O)OCCCC(CCCCCC)CCCCCCCC)C=C(c2cccs2)SC1(Br)Br. The van der Waals surface area contributed by atoms with Crippen molar-refractivity contribution in [3.8, 4) is 0 Å². The Morgan fingerprint density at radius 3 is 1.33 bits per heavy atom. The van der Waals surface area contributed by atoms with Gasteiger partial charge in [-0.05, 0) is 55.0 Å². The number of halogens is 2. The highest BCUT2D eigenvalue weighted by atomic mass is 79.9. The summed E-state index contributed by atoms with van der Waals surface area (Å²) in [5.74, 6) is 0.266. The fraction of sp³-hybridized carbons (Fsp3) is 0.826. The van der Waals surface area contributed by atoms with Crippen molar-refractivity contribution in [3.63, 3.8) is 0 Å². The largest absolute Gasteiger partial charge is 0.465 e. The minimum atomic E-state index is -1.63. The molecule has 1 aromatic heterocycles. The van der Waals surface area contributed by atoms with Crippen LogP contribution in [-0.4, -0.2) is 27.7 Å². The van der Waals surface area contributed by atoms with Crippen molar-refractivity contribution in [2.24, 2.45) is 17.3 Å². The van der Waals surface area contributed by atoms with Crippen LogP contribution < -0.4 is 0 Å². The van der Waals surface area contributed by atoms with Crippen molar-refractivity contribution in [3.05, 3.63) is 28.5 Å². The van der Waals surface area contributed by atoms with Gasteiger partial charge in [0.05, 0.1) is 13.2 Å². The first kappa shape index (κ1) is 49.8. The second kappa shape index (κ2) is 30.7. The summed E-state index contributed by atoms with van der Waals surface area (Å²) >= 11 is 10.6. The van der Waals surface area contributed by atoms with Crippen LogP contribution in [0.3, 0.4) is 0 Å². The summed E-state index contributed by atoms with van der Waals surface area (Å²) in [7, 11) is 0. The van der Waals surface area contributed by atoms with E-state index >= 15 is 0 Å². The topological polar surface area (TPSA) is 52.6 Å². The molecule has 1 aliphatic rings. The molecular weight excluding hydrogens is 840 g/mol. The van der Waals surface area contributed by atoms with Crippen LogP contribution in [0.2, 0.25) is 0 Å². The lowest BCUT2D eigenvalue weighted by Crippen LogP contribution is -2.48. The molecule has 8 heteroatoms. The molecule has 2 atom stereocenters. The van der Waals surface area contributed by atoms with E-state index < -0.39 is 19.9 Å². The number of esters is 2. The maximum absolute atomic E-state index is 14.2. The number of thioether (sulfide) groups is 1. The maximum atomic E-state index is 14.2. The van der Waals surface area contributed by atoms with Gasteiger partial charge in [-0.1, -0.05) is 231 Å². The van der Waals surface area contributed by atoms with Gasteiger partial charge < -0.3 is 9.47 Å². The molecule has 2 rings (SSSR count). The van der Waals surface area contributed by atoms with Crippen molar-refractivity contribution in [1.82, 2.24) is 0 Å². The summed E-state index contributed by atoms with van der Waals surface area (Å²) in [4.78, 5) is 30.3. The van der Waals surface area contributed by atoms with Crippen LogP contribution in [0.15, 0.2) is 23.6 Å². The van der Waals surface area contributed by atoms with Gasteiger partial charge in [0.2, 0.25) is 5.41 Å². The van der Waals surface area contributed by atoms with Gasteiger partial charge in [-0.2, -0.15) is 0 Å². The smallest absolute Gasteiger partial charge is 0.330 e. The average Bonchev–Trinajstić information content (AvgIpc) is 3.80. The summed E-state index contributed by atoms with van der Waals surface area (Å²) < 4.78 is 11.0. The summed E-state index contributed by atoms with van der Waals surface area (Å²) in [5, 5.41) is 2.02. The molecule has 0 N–H and O–H groups in total. The monoisotopic (exact) mass is 916 g/mol. The van der Waals surface area contributed by atoms with E-state index in [1.165, 1.54) is 166 Å². The van der Waals surface area contributed by atoms with Crippen LogP contribution >= 0.6 is 55.0 Å². The molecular formula is C46H78Br2O4S2. The van der Waals surface area contributed by atoms with Gasteiger partial charge in [0.25, 0.3) is 0 Å². The minimum absolute atomic E-state index is 0.316. The lowest BCUT2D eigenvalue weighted by Gasteiger charge is -2.32. The molecule has 2 unspecified atom stereocenters. The Balaban J connectivity index is 2.04. The van der Waals surface area contributed by atoms with Gasteiger partial charge >= 0.3 is 11.9 Å². The van der Waals surface area contributed by atoms with E-state index in [0.717, 1.165) is 35.5 Å². The summed E-state index contributed by atoms with van der Waals surface area (Å²) in [6, 6.07) is 4.02. The van der Waals surface area contributed by atoms with Crippen LogP contribution in [0.1, 0.15) is 212 Å². The zero-order valence-electron chi connectivity index (χ0n) is 34.9. The molecule has 0 radical (unpaired) electrons. The Hall–Kier alpha value is -0.310. The molecule has 1 aliphatic heterocycles. The van der Waals surface area contributed by atoms with Crippen LogP contribution in [0, 0.1) is 17.3 Å². The molecule has 0 aromatic carbocycles. The van der Waals surface area contributed by atoms with E-state index in [-0.39, 0.29) is 0 Å². The second-order valence-electron chi connectivity index (χ2n) is 16.0. The predicted molar refractivity (Wildman–Crippen MR) is 244 cm³/mol.